The first kappa shape index (κ1) is 13.5. The van der Waals surface area contributed by atoms with Crippen LogP contribution in [0.1, 0.15) is 26.7 Å². The van der Waals surface area contributed by atoms with E-state index in [1.165, 1.54) is 0 Å². The fourth-order valence-electron chi connectivity index (χ4n) is 1.91. The molecule has 0 bridgehead atoms. The van der Waals surface area contributed by atoms with Crippen LogP contribution in [0.3, 0.4) is 0 Å². The number of urea groups is 1. The van der Waals surface area contributed by atoms with Crippen LogP contribution < -0.4 is 5.32 Å². The highest BCUT2D eigenvalue weighted by Gasteiger charge is 2.51. The highest BCUT2D eigenvalue weighted by Crippen LogP contribution is 2.32. The van der Waals surface area contributed by atoms with Crippen LogP contribution in [0.25, 0.3) is 0 Å². The molecule has 1 N–H and O–H groups in total. The summed E-state index contributed by atoms with van der Waals surface area (Å²) in [6, 6.07) is -1.07. The molecule has 0 aromatic carbocycles. The van der Waals surface area contributed by atoms with E-state index < -0.39 is 36.2 Å². The second-order valence-electron chi connectivity index (χ2n) is 3.86. The van der Waals surface area contributed by atoms with Gasteiger partial charge in [0.05, 0.1) is 6.54 Å². The van der Waals surface area contributed by atoms with E-state index in [-0.39, 0.29) is 12.8 Å². The number of imide groups is 2. The number of hydrogen-bond donors (Lipinski definition) is 1. The number of carbonyl (C=O) groups is 3. The molecule has 0 aliphatic carbocycles. The van der Waals surface area contributed by atoms with Gasteiger partial charge in [-0.25, -0.2) is 13.6 Å². The molecular weight excluding hydrogens is 234 g/mol. The van der Waals surface area contributed by atoms with Crippen molar-refractivity contribution in [2.75, 3.05) is 6.54 Å². The highest BCUT2D eigenvalue weighted by atomic mass is 19.3. The van der Waals surface area contributed by atoms with Gasteiger partial charge >= 0.3 is 6.03 Å². The van der Waals surface area contributed by atoms with Crippen LogP contribution in [0.5, 0.6) is 0 Å². The van der Waals surface area contributed by atoms with Crippen LogP contribution >= 0.6 is 0 Å². The van der Waals surface area contributed by atoms with Crippen molar-refractivity contribution in [1.29, 1.82) is 0 Å². The normalized spacial score (nSPS) is 19.8. The minimum Gasteiger partial charge on any atom is -0.277 e. The maximum atomic E-state index is 12.3. The fraction of sp³-hybridized carbons (Fsp3) is 0.700. The van der Waals surface area contributed by atoms with Gasteiger partial charge in [-0.05, 0) is 12.8 Å². The molecule has 1 aliphatic rings. The number of alkyl halides is 2. The number of nitrogens with zero attached hydrogens (tertiary/aromatic N) is 1. The number of halogens is 2. The van der Waals surface area contributed by atoms with Crippen LogP contribution in [-0.2, 0) is 9.59 Å². The van der Waals surface area contributed by atoms with E-state index in [1.54, 1.807) is 13.8 Å². The van der Waals surface area contributed by atoms with E-state index in [9.17, 15) is 23.2 Å². The highest BCUT2D eigenvalue weighted by molar-refractivity contribution is 6.19. The molecule has 96 valence electrons. The van der Waals surface area contributed by atoms with Gasteiger partial charge in [-0.2, -0.15) is 0 Å². The number of rotatable bonds is 4. The molecule has 1 fully saturated rings. The molecule has 1 heterocycles. The summed E-state index contributed by atoms with van der Waals surface area (Å²) < 4.78 is 24.5. The Balaban J connectivity index is 3.07. The molecule has 0 saturated carbocycles. The summed E-state index contributed by atoms with van der Waals surface area (Å²) in [5.74, 6) is -1.54. The Morgan fingerprint density at radius 1 is 1.24 bits per heavy atom. The van der Waals surface area contributed by atoms with Crippen molar-refractivity contribution in [3.8, 4) is 0 Å². The van der Waals surface area contributed by atoms with Gasteiger partial charge in [0, 0.05) is 0 Å². The first-order valence-corrected chi connectivity index (χ1v) is 5.34. The number of nitrogens with one attached hydrogen (secondary N) is 1. The van der Waals surface area contributed by atoms with E-state index in [0.29, 0.717) is 4.90 Å². The van der Waals surface area contributed by atoms with Crippen molar-refractivity contribution in [3.05, 3.63) is 0 Å². The van der Waals surface area contributed by atoms with E-state index in [2.05, 4.69) is 0 Å². The Labute approximate surface area is 97.1 Å². The van der Waals surface area contributed by atoms with Crippen molar-refractivity contribution in [2.45, 2.75) is 33.1 Å². The number of amides is 4. The maximum absolute atomic E-state index is 12.3. The number of barbiturate groups is 1. The molecule has 1 saturated heterocycles. The molecule has 0 unspecified atom stereocenters. The van der Waals surface area contributed by atoms with Crippen molar-refractivity contribution in [1.82, 2.24) is 10.2 Å². The summed E-state index contributed by atoms with van der Waals surface area (Å²) in [7, 11) is 0. The monoisotopic (exact) mass is 248 g/mol. The second-order valence-corrected chi connectivity index (χ2v) is 3.86. The quantitative estimate of drug-likeness (QED) is 0.758. The molecule has 0 aromatic rings. The topological polar surface area (TPSA) is 66.5 Å². The third kappa shape index (κ3) is 2.13. The molecule has 0 radical (unpaired) electrons. The first-order chi connectivity index (χ1) is 7.89. The minimum absolute atomic E-state index is 0.168. The fourth-order valence-corrected chi connectivity index (χ4v) is 1.91. The zero-order chi connectivity index (χ0) is 13.2. The van der Waals surface area contributed by atoms with Gasteiger partial charge in [0.25, 0.3) is 6.43 Å². The van der Waals surface area contributed by atoms with Gasteiger partial charge in [0.2, 0.25) is 11.8 Å². The zero-order valence-electron chi connectivity index (χ0n) is 9.63. The van der Waals surface area contributed by atoms with Gasteiger partial charge in [0.15, 0.2) is 0 Å². The van der Waals surface area contributed by atoms with Crippen LogP contribution in [0.2, 0.25) is 0 Å². The molecule has 1 aliphatic heterocycles. The Hall–Kier alpha value is -1.53. The Kier molecular flexibility index (Phi) is 3.79. The third-order valence-electron chi connectivity index (χ3n) is 3.08. The molecular formula is C10H14F2N2O3. The van der Waals surface area contributed by atoms with Crippen molar-refractivity contribution in [3.63, 3.8) is 0 Å². The Morgan fingerprint density at radius 3 is 2.18 bits per heavy atom. The van der Waals surface area contributed by atoms with Crippen molar-refractivity contribution in [2.24, 2.45) is 5.41 Å². The molecule has 1 rings (SSSR count). The largest absolute Gasteiger partial charge is 0.330 e. The lowest BCUT2D eigenvalue weighted by Gasteiger charge is -2.37. The molecule has 17 heavy (non-hydrogen) atoms. The lowest BCUT2D eigenvalue weighted by molar-refractivity contribution is -0.153. The lowest BCUT2D eigenvalue weighted by atomic mass is 9.78. The number of hydrogen-bond acceptors (Lipinski definition) is 3. The number of carbonyl (C=O) groups excluding carboxylic acids is 3. The van der Waals surface area contributed by atoms with Crippen molar-refractivity contribution < 1.29 is 23.2 Å². The average Bonchev–Trinajstić information content (AvgIpc) is 2.26. The smallest absolute Gasteiger partial charge is 0.277 e. The maximum Gasteiger partial charge on any atom is 0.330 e. The predicted molar refractivity (Wildman–Crippen MR) is 54.3 cm³/mol. The minimum atomic E-state index is -2.82. The molecule has 5 nitrogen and oxygen atoms in total. The van der Waals surface area contributed by atoms with Crippen LogP contribution in [0, 0.1) is 5.41 Å². The average molecular weight is 248 g/mol. The van der Waals surface area contributed by atoms with Gasteiger partial charge in [0.1, 0.15) is 5.41 Å². The summed E-state index contributed by atoms with van der Waals surface area (Å²) in [5.41, 5.74) is -1.40. The van der Waals surface area contributed by atoms with Crippen LogP contribution in [-0.4, -0.2) is 35.7 Å². The predicted octanol–water partition coefficient (Wildman–Crippen LogP) is 1.14. The summed E-state index contributed by atoms with van der Waals surface area (Å²) in [4.78, 5) is 35.4. The summed E-state index contributed by atoms with van der Waals surface area (Å²) >= 11 is 0. The zero-order valence-corrected chi connectivity index (χ0v) is 9.63. The van der Waals surface area contributed by atoms with Gasteiger partial charge in [-0.1, -0.05) is 13.8 Å². The van der Waals surface area contributed by atoms with E-state index in [4.69, 9.17) is 0 Å². The molecule has 0 aromatic heterocycles. The molecule has 0 spiro atoms. The third-order valence-corrected chi connectivity index (χ3v) is 3.08. The Bertz CT molecular complexity index is 353. The SMILES string of the molecule is CCC1(CC)C(=O)NC(=O)N(CC(F)F)C1=O. The van der Waals surface area contributed by atoms with Crippen molar-refractivity contribution >= 4 is 17.8 Å². The van der Waals surface area contributed by atoms with Crippen LogP contribution in [0.15, 0.2) is 0 Å². The van der Waals surface area contributed by atoms with Crippen LogP contribution in [0.4, 0.5) is 13.6 Å². The van der Waals surface area contributed by atoms with E-state index in [1.807, 2.05) is 5.32 Å². The summed E-state index contributed by atoms with van der Waals surface area (Å²) in [5, 5.41) is 1.95. The summed E-state index contributed by atoms with van der Waals surface area (Å²) in [6.07, 6.45) is -2.48. The molecule has 4 amide bonds. The second kappa shape index (κ2) is 4.77. The lowest BCUT2D eigenvalue weighted by Crippen LogP contribution is -2.64. The van der Waals surface area contributed by atoms with Gasteiger partial charge in [-0.3, -0.25) is 19.8 Å². The van der Waals surface area contributed by atoms with Gasteiger partial charge in [-0.15, -0.1) is 0 Å². The Morgan fingerprint density at radius 2 is 1.76 bits per heavy atom. The molecule has 0 atom stereocenters. The first-order valence-electron chi connectivity index (χ1n) is 5.34. The van der Waals surface area contributed by atoms with E-state index >= 15 is 0 Å². The van der Waals surface area contributed by atoms with E-state index in [0.717, 1.165) is 0 Å². The molecule has 7 heteroatoms. The summed E-state index contributed by atoms with van der Waals surface area (Å²) in [6.45, 7) is 2.23. The van der Waals surface area contributed by atoms with Gasteiger partial charge < -0.3 is 0 Å². The standard InChI is InChI=1S/C10H14F2N2O3/c1-3-10(4-2)7(15)13-9(17)14(8(10)16)5-6(11)12/h6H,3-5H2,1-2H3,(H,13,15,17).